The van der Waals surface area contributed by atoms with Crippen molar-refractivity contribution >= 4 is 16.8 Å². The Labute approximate surface area is 194 Å². The number of nitrogens with zero attached hydrogens (tertiary/aromatic N) is 5. The van der Waals surface area contributed by atoms with Gasteiger partial charge in [0, 0.05) is 45.7 Å². The molecule has 2 heterocycles. The van der Waals surface area contributed by atoms with Crippen LogP contribution in [-0.2, 0) is 17.9 Å². The van der Waals surface area contributed by atoms with E-state index in [4.69, 9.17) is 0 Å². The number of aryl methyl sites for hydroxylation is 1. The summed E-state index contributed by atoms with van der Waals surface area (Å²) < 4.78 is 1.26. The van der Waals surface area contributed by atoms with Crippen molar-refractivity contribution in [2.75, 3.05) is 39.3 Å². The van der Waals surface area contributed by atoms with E-state index in [0.717, 1.165) is 52.1 Å². The Bertz CT molecular complexity index is 1090. The molecule has 0 saturated carbocycles. The number of fused-ring (bicyclic) bond motifs is 1. The predicted molar refractivity (Wildman–Crippen MR) is 129 cm³/mol. The molecule has 0 bridgehead atoms. The van der Waals surface area contributed by atoms with Gasteiger partial charge in [-0.05, 0) is 37.1 Å². The van der Waals surface area contributed by atoms with Gasteiger partial charge in [-0.1, -0.05) is 47.7 Å². The average molecular weight is 449 g/mol. The molecule has 1 aromatic heterocycles. The molecule has 1 amide bonds. The second-order valence-corrected chi connectivity index (χ2v) is 8.55. The Kier molecular flexibility index (Phi) is 8.16. The van der Waals surface area contributed by atoms with Crippen LogP contribution in [-0.4, -0.2) is 70.0 Å². The summed E-state index contributed by atoms with van der Waals surface area (Å²) in [5.41, 5.74) is 1.73. The SMILES string of the molecule is O=C(CCn1nnc2ccccc2c1=O)NCCCCN1CCN(Cc2ccccc2)CC1. The van der Waals surface area contributed by atoms with Crippen molar-refractivity contribution in [2.24, 2.45) is 0 Å². The van der Waals surface area contributed by atoms with Crippen LogP contribution in [0.2, 0.25) is 0 Å². The van der Waals surface area contributed by atoms with E-state index >= 15 is 0 Å². The molecular formula is C25H32N6O2. The van der Waals surface area contributed by atoms with Crippen molar-refractivity contribution in [2.45, 2.75) is 32.4 Å². The number of nitrogens with one attached hydrogen (secondary N) is 1. The van der Waals surface area contributed by atoms with Crippen LogP contribution in [0.1, 0.15) is 24.8 Å². The molecule has 1 saturated heterocycles. The molecule has 0 unspecified atom stereocenters. The van der Waals surface area contributed by atoms with E-state index in [0.29, 0.717) is 17.4 Å². The first-order valence-electron chi connectivity index (χ1n) is 11.8. The second kappa shape index (κ2) is 11.7. The van der Waals surface area contributed by atoms with Gasteiger partial charge in [0.15, 0.2) is 0 Å². The summed E-state index contributed by atoms with van der Waals surface area (Å²) in [5, 5.41) is 11.5. The fourth-order valence-electron chi connectivity index (χ4n) is 4.17. The molecule has 174 valence electrons. The fourth-order valence-corrected chi connectivity index (χ4v) is 4.17. The highest BCUT2D eigenvalue weighted by molar-refractivity contribution is 5.77. The molecule has 1 N–H and O–H groups in total. The van der Waals surface area contributed by atoms with Crippen LogP contribution in [0.3, 0.4) is 0 Å². The lowest BCUT2D eigenvalue weighted by Gasteiger charge is -2.34. The van der Waals surface area contributed by atoms with Gasteiger partial charge in [-0.25, -0.2) is 4.68 Å². The summed E-state index contributed by atoms with van der Waals surface area (Å²) in [6, 6.07) is 17.7. The molecule has 0 spiro atoms. The van der Waals surface area contributed by atoms with Crippen LogP contribution in [0.4, 0.5) is 0 Å². The summed E-state index contributed by atoms with van der Waals surface area (Å²) in [4.78, 5) is 29.6. The molecule has 1 aliphatic rings. The van der Waals surface area contributed by atoms with Gasteiger partial charge in [0.05, 0.1) is 11.9 Å². The van der Waals surface area contributed by atoms with E-state index < -0.39 is 0 Å². The van der Waals surface area contributed by atoms with Crippen molar-refractivity contribution in [1.29, 1.82) is 0 Å². The van der Waals surface area contributed by atoms with Crippen molar-refractivity contribution in [1.82, 2.24) is 30.1 Å². The molecule has 0 atom stereocenters. The molecule has 2 aromatic carbocycles. The van der Waals surface area contributed by atoms with Gasteiger partial charge in [-0.15, -0.1) is 5.10 Å². The van der Waals surface area contributed by atoms with Gasteiger partial charge >= 0.3 is 0 Å². The third-order valence-electron chi connectivity index (χ3n) is 6.12. The smallest absolute Gasteiger partial charge is 0.277 e. The predicted octanol–water partition coefficient (Wildman–Crippen LogP) is 1.90. The zero-order chi connectivity index (χ0) is 22.9. The van der Waals surface area contributed by atoms with E-state index in [-0.39, 0.29) is 24.4 Å². The minimum Gasteiger partial charge on any atom is -0.356 e. The number of piperazine rings is 1. The van der Waals surface area contributed by atoms with Gasteiger partial charge in [0.1, 0.15) is 5.52 Å². The Morgan fingerprint density at radius 3 is 2.42 bits per heavy atom. The molecule has 33 heavy (non-hydrogen) atoms. The highest BCUT2D eigenvalue weighted by Crippen LogP contribution is 2.09. The van der Waals surface area contributed by atoms with E-state index in [1.807, 2.05) is 6.07 Å². The van der Waals surface area contributed by atoms with Crippen LogP contribution < -0.4 is 10.9 Å². The summed E-state index contributed by atoms with van der Waals surface area (Å²) in [5.74, 6) is -0.0635. The first-order valence-corrected chi connectivity index (χ1v) is 11.8. The minimum absolute atomic E-state index is 0.0635. The van der Waals surface area contributed by atoms with Crippen molar-refractivity contribution in [3.8, 4) is 0 Å². The van der Waals surface area contributed by atoms with Crippen LogP contribution in [0.15, 0.2) is 59.4 Å². The number of rotatable bonds is 10. The van der Waals surface area contributed by atoms with Crippen LogP contribution in [0.5, 0.6) is 0 Å². The van der Waals surface area contributed by atoms with Crippen molar-refractivity contribution in [3.05, 3.63) is 70.5 Å². The Hall–Kier alpha value is -3.10. The van der Waals surface area contributed by atoms with E-state index in [2.05, 4.69) is 55.8 Å². The lowest BCUT2D eigenvalue weighted by atomic mass is 10.2. The van der Waals surface area contributed by atoms with E-state index in [1.165, 1.54) is 10.2 Å². The van der Waals surface area contributed by atoms with Gasteiger partial charge in [0.25, 0.3) is 5.56 Å². The minimum atomic E-state index is -0.211. The van der Waals surface area contributed by atoms with Crippen LogP contribution in [0, 0.1) is 0 Å². The monoisotopic (exact) mass is 448 g/mol. The van der Waals surface area contributed by atoms with Crippen molar-refractivity contribution < 1.29 is 4.79 Å². The Morgan fingerprint density at radius 1 is 0.879 bits per heavy atom. The summed E-state index contributed by atoms with van der Waals surface area (Å²) in [7, 11) is 0. The molecule has 1 aliphatic heterocycles. The Balaban J connectivity index is 1.08. The van der Waals surface area contributed by atoms with Gasteiger partial charge < -0.3 is 10.2 Å². The molecule has 0 radical (unpaired) electrons. The van der Waals surface area contributed by atoms with Crippen LogP contribution in [0.25, 0.3) is 10.9 Å². The second-order valence-electron chi connectivity index (χ2n) is 8.55. The average Bonchev–Trinajstić information content (AvgIpc) is 2.85. The number of aromatic nitrogens is 3. The number of hydrogen-bond acceptors (Lipinski definition) is 6. The number of carbonyl (C=O) groups excluding carboxylic acids is 1. The van der Waals surface area contributed by atoms with E-state index in [9.17, 15) is 9.59 Å². The molecule has 3 aromatic rings. The van der Waals surface area contributed by atoms with Crippen molar-refractivity contribution in [3.63, 3.8) is 0 Å². The Morgan fingerprint density at radius 2 is 1.61 bits per heavy atom. The zero-order valence-electron chi connectivity index (χ0n) is 19.0. The third kappa shape index (κ3) is 6.69. The van der Waals surface area contributed by atoms with Gasteiger partial charge in [-0.2, -0.15) is 0 Å². The van der Waals surface area contributed by atoms with E-state index in [1.54, 1.807) is 18.2 Å². The normalized spacial score (nSPS) is 15.0. The lowest BCUT2D eigenvalue weighted by molar-refractivity contribution is -0.121. The third-order valence-corrected chi connectivity index (χ3v) is 6.12. The summed E-state index contributed by atoms with van der Waals surface area (Å²) >= 11 is 0. The number of carbonyl (C=O) groups is 1. The van der Waals surface area contributed by atoms with Gasteiger partial charge in [0.2, 0.25) is 5.91 Å². The summed E-state index contributed by atoms with van der Waals surface area (Å²) in [6.07, 6.45) is 2.23. The molecule has 0 aliphatic carbocycles. The topological polar surface area (TPSA) is 83.4 Å². The first-order chi connectivity index (χ1) is 16.2. The molecule has 8 nitrogen and oxygen atoms in total. The number of unbranched alkanes of at least 4 members (excludes halogenated alkanes) is 1. The number of hydrogen-bond donors (Lipinski definition) is 1. The number of benzene rings is 2. The maximum absolute atomic E-state index is 12.4. The maximum Gasteiger partial charge on any atom is 0.277 e. The molecule has 1 fully saturated rings. The zero-order valence-corrected chi connectivity index (χ0v) is 19.0. The lowest BCUT2D eigenvalue weighted by Crippen LogP contribution is -2.46. The molecular weight excluding hydrogens is 416 g/mol. The molecule has 8 heteroatoms. The highest BCUT2D eigenvalue weighted by atomic mass is 16.2. The first kappa shape index (κ1) is 23.1. The molecule has 4 rings (SSSR count). The largest absolute Gasteiger partial charge is 0.356 e. The maximum atomic E-state index is 12.4. The summed E-state index contributed by atoms with van der Waals surface area (Å²) in [6.45, 7) is 7.38. The number of amides is 1. The van der Waals surface area contributed by atoms with Gasteiger partial charge in [-0.3, -0.25) is 14.5 Å². The quantitative estimate of drug-likeness (QED) is 0.477. The fraction of sp³-hybridized carbons (Fsp3) is 0.440. The van der Waals surface area contributed by atoms with Crippen LogP contribution >= 0.6 is 0 Å². The highest BCUT2D eigenvalue weighted by Gasteiger charge is 2.16. The standard InChI is InChI=1S/C25H32N6O2/c32-24(12-15-31-25(33)22-10-4-5-11-23(22)27-28-31)26-13-6-7-14-29-16-18-30(19-17-29)20-21-8-2-1-3-9-21/h1-5,8-11H,6-7,12-20H2,(H,26,32).